The maximum Gasteiger partial charge on any atom is 0.315 e. The van der Waals surface area contributed by atoms with Crippen molar-refractivity contribution < 1.29 is 14.3 Å². The molecule has 7 nitrogen and oxygen atoms in total. The van der Waals surface area contributed by atoms with E-state index < -0.39 is 5.97 Å². The Bertz CT molecular complexity index is 1060. The summed E-state index contributed by atoms with van der Waals surface area (Å²) in [7, 11) is 1.27. The highest BCUT2D eigenvalue weighted by Crippen LogP contribution is 2.26. The molecule has 2 rings (SSSR count). The second-order valence-electron chi connectivity index (χ2n) is 7.71. The molecule has 0 saturated heterocycles. The summed E-state index contributed by atoms with van der Waals surface area (Å²) in [4.78, 5) is 25.9. The van der Waals surface area contributed by atoms with Gasteiger partial charge in [0.15, 0.2) is 0 Å². The van der Waals surface area contributed by atoms with E-state index in [2.05, 4.69) is 21.9 Å². The zero-order valence-corrected chi connectivity index (χ0v) is 19.2. The van der Waals surface area contributed by atoms with E-state index >= 15 is 0 Å². The lowest BCUT2D eigenvalue weighted by Crippen LogP contribution is -2.38. The number of methoxy groups -OCH3 is 1. The summed E-state index contributed by atoms with van der Waals surface area (Å²) in [6, 6.07) is 11.1. The van der Waals surface area contributed by atoms with Crippen LogP contribution in [0.2, 0.25) is 0 Å². The van der Waals surface area contributed by atoms with Crippen LogP contribution in [0.5, 0.6) is 0 Å². The lowest BCUT2D eigenvalue weighted by atomic mass is 10.0. The van der Waals surface area contributed by atoms with Gasteiger partial charge in [-0.3, -0.25) is 15.0 Å². The second-order valence-corrected chi connectivity index (χ2v) is 7.71. The highest BCUT2D eigenvalue weighted by atomic mass is 16.5. The van der Waals surface area contributed by atoms with Gasteiger partial charge in [0.2, 0.25) is 5.91 Å². The number of benzene rings is 2. The molecule has 32 heavy (non-hydrogen) atoms. The van der Waals surface area contributed by atoms with Crippen molar-refractivity contribution in [2.75, 3.05) is 23.9 Å². The van der Waals surface area contributed by atoms with Crippen LogP contribution >= 0.6 is 0 Å². The summed E-state index contributed by atoms with van der Waals surface area (Å²) in [5.74, 6) is 5.47. The van der Waals surface area contributed by atoms with Crippen LogP contribution in [-0.2, 0) is 14.3 Å². The minimum Gasteiger partial charge on any atom is -0.469 e. The Balaban J connectivity index is 2.15. The van der Waals surface area contributed by atoms with Crippen LogP contribution in [0.25, 0.3) is 0 Å². The molecule has 0 spiro atoms. The van der Waals surface area contributed by atoms with Crippen molar-refractivity contribution in [3.63, 3.8) is 0 Å². The molecule has 0 aliphatic heterocycles. The van der Waals surface area contributed by atoms with Gasteiger partial charge in [-0.25, -0.2) is 0 Å². The Morgan fingerprint density at radius 1 is 1.16 bits per heavy atom. The van der Waals surface area contributed by atoms with Crippen molar-refractivity contribution in [3.8, 4) is 11.8 Å². The van der Waals surface area contributed by atoms with Crippen molar-refractivity contribution in [3.05, 3.63) is 58.7 Å². The van der Waals surface area contributed by atoms with E-state index in [1.165, 1.54) is 7.11 Å². The number of hydrogen-bond donors (Lipinski definition) is 3. The predicted molar refractivity (Wildman–Crippen MR) is 128 cm³/mol. The molecular formula is C25H30N4O3. The van der Waals surface area contributed by atoms with E-state index in [1.807, 2.05) is 52.0 Å². The molecule has 0 radical (unpaired) electrons. The third-order valence-electron chi connectivity index (χ3n) is 4.91. The molecule has 0 aromatic heterocycles. The molecule has 4 N–H and O–H groups in total. The van der Waals surface area contributed by atoms with Gasteiger partial charge in [0.25, 0.3) is 0 Å². The van der Waals surface area contributed by atoms with Gasteiger partial charge in [-0.2, -0.15) is 0 Å². The number of nitrogen functional groups attached to an aromatic ring is 1. The van der Waals surface area contributed by atoms with Crippen LogP contribution in [0.4, 0.5) is 11.4 Å². The quantitative estimate of drug-likeness (QED) is 0.204. The number of ether oxygens (including phenoxy) is 1. The average molecular weight is 435 g/mol. The molecule has 0 saturated carbocycles. The monoisotopic (exact) mass is 434 g/mol. The fourth-order valence-electron chi connectivity index (χ4n) is 3.23. The number of carbonyl (C=O) groups is 2. The molecule has 0 heterocycles. The number of amides is 1. The fraction of sp³-hybridized carbons (Fsp3) is 0.320. The Labute approximate surface area is 189 Å². The molecule has 168 valence electrons. The number of rotatable bonds is 7. The zero-order chi connectivity index (χ0) is 23.8. The Morgan fingerprint density at radius 2 is 1.81 bits per heavy atom. The zero-order valence-electron chi connectivity index (χ0n) is 19.2. The molecule has 2 aromatic rings. The number of nitrogens with zero attached hydrogens (tertiary/aromatic N) is 1. The summed E-state index contributed by atoms with van der Waals surface area (Å²) in [6.07, 6.45) is -0.298. The van der Waals surface area contributed by atoms with Crippen LogP contribution in [0, 0.1) is 31.1 Å². The Hall–Kier alpha value is -3.79. The summed E-state index contributed by atoms with van der Waals surface area (Å²) < 4.78 is 4.64. The van der Waals surface area contributed by atoms with E-state index in [0.29, 0.717) is 12.1 Å². The summed E-state index contributed by atoms with van der Waals surface area (Å²) in [5, 5.41) is 10.6. The Kier molecular flexibility index (Phi) is 8.42. The topological polar surface area (TPSA) is 109 Å². The third-order valence-corrected chi connectivity index (χ3v) is 4.91. The van der Waals surface area contributed by atoms with Crippen molar-refractivity contribution in [1.82, 2.24) is 0 Å². The van der Waals surface area contributed by atoms with Gasteiger partial charge in [0, 0.05) is 28.5 Å². The van der Waals surface area contributed by atoms with Crippen LogP contribution in [0.1, 0.15) is 42.5 Å². The first-order valence-corrected chi connectivity index (χ1v) is 10.3. The number of amidine groups is 1. The van der Waals surface area contributed by atoms with E-state index in [0.717, 1.165) is 28.1 Å². The molecule has 0 unspecified atom stereocenters. The number of nitrogens with one attached hydrogen (secondary N) is 2. The molecular weight excluding hydrogens is 404 g/mol. The smallest absolute Gasteiger partial charge is 0.315 e. The van der Waals surface area contributed by atoms with E-state index in [4.69, 9.17) is 11.1 Å². The van der Waals surface area contributed by atoms with Crippen LogP contribution < -0.4 is 16.0 Å². The van der Waals surface area contributed by atoms with Gasteiger partial charge < -0.3 is 20.7 Å². The van der Waals surface area contributed by atoms with Gasteiger partial charge in [0.1, 0.15) is 12.3 Å². The van der Waals surface area contributed by atoms with Gasteiger partial charge in [-0.05, 0) is 75.2 Å². The highest BCUT2D eigenvalue weighted by Gasteiger charge is 2.23. The van der Waals surface area contributed by atoms with Gasteiger partial charge >= 0.3 is 5.97 Å². The van der Waals surface area contributed by atoms with Crippen LogP contribution in [0.3, 0.4) is 0 Å². The summed E-state index contributed by atoms with van der Waals surface area (Å²) in [6.45, 7) is 8.15. The van der Waals surface area contributed by atoms with E-state index in [-0.39, 0.29) is 24.2 Å². The first kappa shape index (κ1) is 24.5. The Morgan fingerprint density at radius 3 is 2.38 bits per heavy atom. The SMILES string of the molecule is COC(=O)CC(=O)N(c1cc(C)c(C#CCNc2ccc(C(=N)N)cc2)cc1C)C(C)C. The molecule has 0 bridgehead atoms. The average Bonchev–Trinajstić information content (AvgIpc) is 2.74. The van der Waals surface area contributed by atoms with Crippen molar-refractivity contribution in [1.29, 1.82) is 5.41 Å². The van der Waals surface area contributed by atoms with Crippen molar-refractivity contribution in [2.45, 2.75) is 40.2 Å². The molecule has 0 aliphatic carbocycles. The number of nitrogens with two attached hydrogens (primary N) is 1. The van der Waals surface area contributed by atoms with Crippen molar-refractivity contribution >= 4 is 29.1 Å². The van der Waals surface area contributed by atoms with Gasteiger partial charge in [-0.15, -0.1) is 0 Å². The fourth-order valence-corrected chi connectivity index (χ4v) is 3.23. The highest BCUT2D eigenvalue weighted by molar-refractivity contribution is 6.04. The van der Waals surface area contributed by atoms with Gasteiger partial charge in [0.05, 0.1) is 13.7 Å². The normalized spacial score (nSPS) is 10.2. The van der Waals surface area contributed by atoms with E-state index in [9.17, 15) is 9.59 Å². The van der Waals surface area contributed by atoms with E-state index in [1.54, 1.807) is 17.0 Å². The standard InChI is InChI=1S/C25H30N4O3/c1-16(2)29(23(30)15-24(31)32-5)22-14-17(3)20(13-18(22)4)7-6-12-28-21-10-8-19(9-11-21)25(26)27/h8-11,13-14,16,28H,12,15H2,1-5H3,(H3,26,27). The third kappa shape index (κ3) is 6.35. The number of aryl methyl sites for hydroxylation is 2. The second kappa shape index (κ2) is 11.0. The maximum absolute atomic E-state index is 12.7. The lowest BCUT2D eigenvalue weighted by Gasteiger charge is -2.28. The minimum atomic E-state index is -0.555. The largest absolute Gasteiger partial charge is 0.469 e. The lowest BCUT2D eigenvalue weighted by molar-refractivity contribution is -0.143. The molecule has 7 heteroatoms. The maximum atomic E-state index is 12.7. The number of carbonyl (C=O) groups excluding carboxylic acids is 2. The summed E-state index contributed by atoms with van der Waals surface area (Å²) >= 11 is 0. The first-order chi connectivity index (χ1) is 15.1. The predicted octanol–water partition coefficient (Wildman–Crippen LogP) is 3.36. The minimum absolute atomic E-state index is 0.0358. The molecule has 0 atom stereocenters. The molecule has 2 aromatic carbocycles. The van der Waals surface area contributed by atoms with Gasteiger partial charge in [-0.1, -0.05) is 11.8 Å². The first-order valence-electron chi connectivity index (χ1n) is 10.3. The number of esters is 1. The summed E-state index contributed by atoms with van der Waals surface area (Å²) in [5.41, 5.74) is 10.5. The number of anilines is 2. The van der Waals surface area contributed by atoms with Crippen molar-refractivity contribution in [2.24, 2.45) is 5.73 Å². The molecule has 0 aliphatic rings. The molecule has 0 fully saturated rings. The van der Waals surface area contributed by atoms with Crippen LogP contribution in [-0.4, -0.2) is 37.4 Å². The number of hydrogen-bond acceptors (Lipinski definition) is 5. The van der Waals surface area contributed by atoms with Crippen LogP contribution in [0.15, 0.2) is 36.4 Å². The molecule has 1 amide bonds.